The molecule has 2 heterocycles. The van der Waals surface area contributed by atoms with Gasteiger partial charge < -0.3 is 20.3 Å². The van der Waals surface area contributed by atoms with Gasteiger partial charge in [0.05, 0.1) is 23.5 Å². The first-order chi connectivity index (χ1) is 9.79. The van der Waals surface area contributed by atoms with Crippen LogP contribution in [0.2, 0.25) is 0 Å². The van der Waals surface area contributed by atoms with Crippen LogP contribution in [0.5, 0.6) is 0 Å². The Hall–Kier alpha value is -1.75. The van der Waals surface area contributed by atoms with E-state index in [0.717, 1.165) is 56.1 Å². The highest BCUT2D eigenvalue weighted by Gasteiger charge is 2.28. The van der Waals surface area contributed by atoms with Crippen LogP contribution >= 0.6 is 0 Å². The number of likely N-dealkylation sites (tertiary alicyclic amines) is 1. The van der Waals surface area contributed by atoms with Gasteiger partial charge in [-0.15, -0.1) is 0 Å². The molecule has 2 aliphatic rings. The molecule has 1 unspecified atom stereocenters. The van der Waals surface area contributed by atoms with E-state index in [-0.39, 0.29) is 5.91 Å². The van der Waals surface area contributed by atoms with E-state index in [2.05, 4.69) is 10.6 Å². The number of amides is 1. The van der Waals surface area contributed by atoms with Crippen LogP contribution in [0.4, 0.5) is 11.4 Å². The molecule has 1 saturated heterocycles. The van der Waals surface area contributed by atoms with Gasteiger partial charge in [0.2, 0.25) is 0 Å². The van der Waals surface area contributed by atoms with Gasteiger partial charge in [-0.3, -0.25) is 4.79 Å². The van der Waals surface area contributed by atoms with E-state index in [1.807, 2.05) is 23.1 Å². The molecule has 2 N–H and O–H groups in total. The molecule has 1 aromatic rings. The molecule has 3 rings (SSSR count). The van der Waals surface area contributed by atoms with Crippen LogP contribution in [-0.4, -0.2) is 50.7 Å². The molecule has 20 heavy (non-hydrogen) atoms. The Morgan fingerprint density at radius 2 is 2.25 bits per heavy atom. The summed E-state index contributed by atoms with van der Waals surface area (Å²) in [5.74, 6) is 0.589. The summed E-state index contributed by atoms with van der Waals surface area (Å²) >= 11 is 0. The van der Waals surface area contributed by atoms with Crippen LogP contribution in [0.15, 0.2) is 18.2 Å². The molecule has 5 nitrogen and oxygen atoms in total. The largest absolute Gasteiger partial charge is 0.384 e. The van der Waals surface area contributed by atoms with Crippen molar-refractivity contribution >= 4 is 17.3 Å². The molecule has 108 valence electrons. The third kappa shape index (κ3) is 2.45. The van der Waals surface area contributed by atoms with Gasteiger partial charge in [0.15, 0.2) is 0 Å². The summed E-state index contributed by atoms with van der Waals surface area (Å²) in [7, 11) is 1.72. The van der Waals surface area contributed by atoms with Crippen molar-refractivity contribution in [2.75, 3.05) is 50.5 Å². The minimum absolute atomic E-state index is 0.122. The molecule has 0 aromatic heterocycles. The van der Waals surface area contributed by atoms with Crippen molar-refractivity contribution in [2.24, 2.45) is 5.92 Å². The molecule has 0 aliphatic carbocycles. The monoisotopic (exact) mass is 275 g/mol. The van der Waals surface area contributed by atoms with Crippen molar-refractivity contribution in [2.45, 2.75) is 6.42 Å². The number of rotatable bonds is 3. The molecule has 1 atom stereocenters. The number of anilines is 2. The molecule has 0 spiro atoms. The number of benzene rings is 1. The van der Waals surface area contributed by atoms with E-state index in [1.165, 1.54) is 0 Å². The number of nitrogens with one attached hydrogen (secondary N) is 2. The first-order valence-corrected chi connectivity index (χ1v) is 7.18. The van der Waals surface area contributed by atoms with Gasteiger partial charge in [-0.1, -0.05) is 6.07 Å². The third-order valence-corrected chi connectivity index (χ3v) is 4.01. The van der Waals surface area contributed by atoms with E-state index in [0.29, 0.717) is 5.92 Å². The summed E-state index contributed by atoms with van der Waals surface area (Å²) < 4.78 is 5.19. The number of methoxy groups -OCH3 is 1. The molecular weight excluding hydrogens is 254 g/mol. The molecule has 1 aromatic carbocycles. The zero-order valence-electron chi connectivity index (χ0n) is 11.8. The van der Waals surface area contributed by atoms with Gasteiger partial charge in [-0.25, -0.2) is 0 Å². The lowest BCUT2D eigenvalue weighted by Crippen LogP contribution is -2.31. The maximum atomic E-state index is 12.7. The standard InChI is InChI=1S/C15H21N3O2/c1-20-10-11-5-8-18(9-11)15(19)12-3-2-4-13-14(12)17-7-6-16-13/h2-4,11,16-17H,5-10H2,1H3. The number of hydrogen-bond acceptors (Lipinski definition) is 4. The Morgan fingerprint density at radius 3 is 3.10 bits per heavy atom. The number of carbonyl (C=O) groups excluding carboxylic acids is 1. The fourth-order valence-corrected chi connectivity index (χ4v) is 3.01. The van der Waals surface area contributed by atoms with Gasteiger partial charge in [0.1, 0.15) is 0 Å². The van der Waals surface area contributed by atoms with Gasteiger partial charge in [-0.2, -0.15) is 0 Å². The van der Waals surface area contributed by atoms with Crippen molar-refractivity contribution in [1.82, 2.24) is 4.90 Å². The zero-order valence-corrected chi connectivity index (χ0v) is 11.8. The average Bonchev–Trinajstić information content (AvgIpc) is 2.95. The SMILES string of the molecule is COCC1CCN(C(=O)c2cccc3c2NCCN3)C1. The van der Waals surface area contributed by atoms with Gasteiger partial charge in [0.25, 0.3) is 5.91 Å². The molecule has 1 fully saturated rings. The van der Waals surface area contributed by atoms with Crippen LogP contribution in [0, 0.1) is 5.92 Å². The van der Waals surface area contributed by atoms with Crippen molar-refractivity contribution < 1.29 is 9.53 Å². The maximum Gasteiger partial charge on any atom is 0.256 e. The number of carbonyl (C=O) groups is 1. The lowest BCUT2D eigenvalue weighted by molar-refractivity contribution is 0.0776. The van der Waals surface area contributed by atoms with Crippen LogP contribution in [-0.2, 0) is 4.74 Å². The minimum Gasteiger partial charge on any atom is -0.384 e. The van der Waals surface area contributed by atoms with Gasteiger partial charge in [0, 0.05) is 39.2 Å². The third-order valence-electron chi connectivity index (χ3n) is 4.01. The molecule has 0 radical (unpaired) electrons. The number of hydrogen-bond donors (Lipinski definition) is 2. The van der Waals surface area contributed by atoms with E-state index in [9.17, 15) is 4.79 Å². The Balaban J connectivity index is 1.78. The topological polar surface area (TPSA) is 53.6 Å². The minimum atomic E-state index is 0.122. The van der Waals surface area contributed by atoms with Crippen LogP contribution in [0.3, 0.4) is 0 Å². The van der Waals surface area contributed by atoms with E-state index in [4.69, 9.17) is 4.74 Å². The first-order valence-electron chi connectivity index (χ1n) is 7.18. The first kappa shape index (κ1) is 13.2. The molecule has 5 heteroatoms. The highest BCUT2D eigenvalue weighted by atomic mass is 16.5. The van der Waals surface area contributed by atoms with Crippen molar-refractivity contribution in [3.8, 4) is 0 Å². The Bertz CT molecular complexity index is 504. The molecule has 0 bridgehead atoms. The molecular formula is C15H21N3O2. The number of nitrogens with zero attached hydrogens (tertiary/aromatic N) is 1. The predicted molar refractivity (Wildman–Crippen MR) is 79.3 cm³/mol. The Kier molecular flexibility index (Phi) is 3.78. The fraction of sp³-hybridized carbons (Fsp3) is 0.533. The van der Waals surface area contributed by atoms with E-state index >= 15 is 0 Å². The summed E-state index contributed by atoms with van der Waals surface area (Å²) in [5, 5.41) is 6.66. The van der Waals surface area contributed by atoms with Crippen molar-refractivity contribution in [3.63, 3.8) is 0 Å². The second-order valence-electron chi connectivity index (χ2n) is 5.44. The zero-order chi connectivity index (χ0) is 13.9. The maximum absolute atomic E-state index is 12.7. The second-order valence-corrected chi connectivity index (χ2v) is 5.44. The number of para-hydroxylation sites is 1. The van der Waals surface area contributed by atoms with Crippen molar-refractivity contribution in [1.29, 1.82) is 0 Å². The van der Waals surface area contributed by atoms with Crippen LogP contribution in [0.25, 0.3) is 0 Å². The summed E-state index contributed by atoms with van der Waals surface area (Å²) in [4.78, 5) is 14.6. The summed E-state index contributed by atoms with van der Waals surface area (Å²) in [5.41, 5.74) is 2.74. The Morgan fingerprint density at radius 1 is 1.40 bits per heavy atom. The van der Waals surface area contributed by atoms with E-state index < -0.39 is 0 Å². The Labute approximate surface area is 119 Å². The highest BCUT2D eigenvalue weighted by molar-refractivity contribution is 6.02. The quantitative estimate of drug-likeness (QED) is 0.880. The molecule has 1 amide bonds. The van der Waals surface area contributed by atoms with Crippen LogP contribution < -0.4 is 10.6 Å². The lowest BCUT2D eigenvalue weighted by Gasteiger charge is -2.24. The highest BCUT2D eigenvalue weighted by Crippen LogP contribution is 2.30. The summed E-state index contributed by atoms with van der Waals surface area (Å²) in [6.45, 7) is 4.10. The van der Waals surface area contributed by atoms with E-state index in [1.54, 1.807) is 7.11 Å². The van der Waals surface area contributed by atoms with Gasteiger partial charge in [-0.05, 0) is 18.6 Å². The number of ether oxygens (including phenoxy) is 1. The average molecular weight is 275 g/mol. The summed E-state index contributed by atoms with van der Waals surface area (Å²) in [6, 6.07) is 5.86. The second kappa shape index (κ2) is 5.71. The van der Waals surface area contributed by atoms with Crippen molar-refractivity contribution in [3.05, 3.63) is 23.8 Å². The lowest BCUT2D eigenvalue weighted by atomic mass is 10.1. The molecule has 0 saturated carbocycles. The smallest absolute Gasteiger partial charge is 0.256 e. The normalized spacial score (nSPS) is 21.1. The summed E-state index contributed by atoms with van der Waals surface area (Å²) in [6.07, 6.45) is 1.03. The molecule has 2 aliphatic heterocycles. The predicted octanol–water partition coefficient (Wildman–Crippen LogP) is 1.63. The fourth-order valence-electron chi connectivity index (χ4n) is 3.01. The van der Waals surface area contributed by atoms with Crippen LogP contribution in [0.1, 0.15) is 16.8 Å². The van der Waals surface area contributed by atoms with Gasteiger partial charge >= 0.3 is 0 Å². The number of fused-ring (bicyclic) bond motifs is 1.